The molecule has 0 saturated heterocycles. The van der Waals surface area contributed by atoms with Crippen LogP contribution in [0.3, 0.4) is 0 Å². The number of methoxy groups -OCH3 is 2. The van der Waals surface area contributed by atoms with Crippen molar-refractivity contribution in [3.05, 3.63) is 57.9 Å². The Hall–Kier alpha value is -2.38. The largest absolute Gasteiger partial charge is 0.493 e. The standard InChI is InChI=1S/C18H16BrN3O2S/c1-23-16-9-12(8-14(19)17(16)24-2)10-20-22-18-21-15(11-25-18)13-6-4-3-5-7-13/h3-11H,1-2H3,(H,21,22)/b20-10-. The highest BCUT2D eigenvalue weighted by Gasteiger charge is 2.09. The van der Waals surface area contributed by atoms with Crippen molar-refractivity contribution in [2.24, 2.45) is 5.10 Å². The Morgan fingerprint density at radius 2 is 1.96 bits per heavy atom. The first-order chi connectivity index (χ1) is 12.2. The van der Waals surface area contributed by atoms with Gasteiger partial charge in [0.15, 0.2) is 11.5 Å². The highest BCUT2D eigenvalue weighted by molar-refractivity contribution is 9.10. The zero-order valence-corrected chi connectivity index (χ0v) is 16.1. The number of hydrogen-bond acceptors (Lipinski definition) is 6. The first-order valence-electron chi connectivity index (χ1n) is 7.43. The summed E-state index contributed by atoms with van der Waals surface area (Å²) in [6.07, 6.45) is 1.70. The molecule has 0 unspecified atom stereocenters. The molecular formula is C18H16BrN3O2S. The van der Waals surface area contributed by atoms with Crippen molar-refractivity contribution in [3.63, 3.8) is 0 Å². The van der Waals surface area contributed by atoms with Gasteiger partial charge in [-0.3, -0.25) is 5.43 Å². The number of hydrogen-bond donors (Lipinski definition) is 1. The van der Waals surface area contributed by atoms with Gasteiger partial charge in [-0.2, -0.15) is 5.10 Å². The highest BCUT2D eigenvalue weighted by atomic mass is 79.9. The highest BCUT2D eigenvalue weighted by Crippen LogP contribution is 2.35. The van der Waals surface area contributed by atoms with E-state index < -0.39 is 0 Å². The van der Waals surface area contributed by atoms with Gasteiger partial charge in [0.2, 0.25) is 5.13 Å². The Morgan fingerprint density at radius 1 is 1.16 bits per heavy atom. The monoisotopic (exact) mass is 417 g/mol. The third kappa shape index (κ3) is 4.18. The molecule has 2 aromatic carbocycles. The number of thiazole rings is 1. The van der Waals surface area contributed by atoms with Gasteiger partial charge in [-0.1, -0.05) is 30.3 Å². The second-order valence-electron chi connectivity index (χ2n) is 5.01. The van der Waals surface area contributed by atoms with Gasteiger partial charge >= 0.3 is 0 Å². The molecule has 0 amide bonds. The maximum Gasteiger partial charge on any atom is 0.203 e. The van der Waals surface area contributed by atoms with Crippen molar-refractivity contribution < 1.29 is 9.47 Å². The number of benzene rings is 2. The zero-order chi connectivity index (χ0) is 17.6. The Labute approximate surface area is 158 Å². The van der Waals surface area contributed by atoms with E-state index >= 15 is 0 Å². The van der Waals surface area contributed by atoms with Crippen molar-refractivity contribution in [1.29, 1.82) is 0 Å². The van der Waals surface area contributed by atoms with Crippen molar-refractivity contribution in [2.75, 3.05) is 19.6 Å². The molecule has 0 fully saturated rings. The molecule has 0 aliphatic heterocycles. The van der Waals surface area contributed by atoms with Crippen molar-refractivity contribution in [1.82, 2.24) is 4.98 Å². The number of halogens is 1. The van der Waals surface area contributed by atoms with E-state index in [1.807, 2.05) is 47.8 Å². The van der Waals surface area contributed by atoms with E-state index in [1.54, 1.807) is 20.4 Å². The van der Waals surface area contributed by atoms with Crippen LogP contribution in [0, 0.1) is 0 Å². The summed E-state index contributed by atoms with van der Waals surface area (Å²) < 4.78 is 11.4. The Kier molecular flexibility index (Phi) is 5.67. The van der Waals surface area contributed by atoms with Crippen LogP contribution < -0.4 is 14.9 Å². The van der Waals surface area contributed by atoms with Crippen molar-refractivity contribution >= 4 is 38.6 Å². The van der Waals surface area contributed by atoms with Gasteiger partial charge in [-0.25, -0.2) is 4.98 Å². The van der Waals surface area contributed by atoms with E-state index in [4.69, 9.17) is 9.47 Å². The number of aromatic nitrogens is 1. The van der Waals surface area contributed by atoms with Gasteiger partial charge in [-0.05, 0) is 33.6 Å². The minimum atomic E-state index is 0.638. The summed E-state index contributed by atoms with van der Waals surface area (Å²) in [6, 6.07) is 13.8. The first kappa shape index (κ1) is 17.4. The number of anilines is 1. The van der Waals surface area contributed by atoms with Crippen LogP contribution in [-0.4, -0.2) is 25.4 Å². The van der Waals surface area contributed by atoms with Crippen LogP contribution >= 0.6 is 27.3 Å². The van der Waals surface area contributed by atoms with Crippen LogP contribution in [-0.2, 0) is 0 Å². The van der Waals surface area contributed by atoms with E-state index in [9.17, 15) is 0 Å². The fraction of sp³-hybridized carbons (Fsp3) is 0.111. The van der Waals surface area contributed by atoms with Gasteiger partial charge in [0.1, 0.15) is 0 Å². The summed E-state index contributed by atoms with van der Waals surface area (Å²) in [5.74, 6) is 1.29. The van der Waals surface area contributed by atoms with Crippen LogP contribution in [0.1, 0.15) is 5.56 Å². The minimum Gasteiger partial charge on any atom is -0.493 e. The fourth-order valence-electron chi connectivity index (χ4n) is 2.24. The molecule has 7 heteroatoms. The number of hydrazone groups is 1. The molecule has 0 bridgehead atoms. The topological polar surface area (TPSA) is 55.7 Å². The van der Waals surface area contributed by atoms with Gasteiger partial charge in [-0.15, -0.1) is 11.3 Å². The van der Waals surface area contributed by atoms with Gasteiger partial charge < -0.3 is 9.47 Å². The Bertz CT molecular complexity index is 881. The molecule has 1 N–H and O–H groups in total. The van der Waals surface area contributed by atoms with E-state index in [0.717, 1.165) is 26.4 Å². The summed E-state index contributed by atoms with van der Waals surface area (Å²) >= 11 is 4.97. The average molecular weight is 418 g/mol. The maximum atomic E-state index is 5.33. The molecule has 128 valence electrons. The normalized spacial score (nSPS) is 10.8. The number of nitrogens with one attached hydrogen (secondary N) is 1. The van der Waals surface area contributed by atoms with E-state index in [2.05, 4.69) is 31.4 Å². The smallest absolute Gasteiger partial charge is 0.203 e. The maximum absolute atomic E-state index is 5.33. The number of ether oxygens (including phenoxy) is 2. The van der Waals surface area contributed by atoms with Crippen molar-refractivity contribution in [3.8, 4) is 22.8 Å². The van der Waals surface area contributed by atoms with Gasteiger partial charge in [0.05, 0.1) is 30.6 Å². The van der Waals surface area contributed by atoms with Gasteiger partial charge in [0.25, 0.3) is 0 Å². The molecule has 0 saturated carbocycles. The third-order valence-corrected chi connectivity index (χ3v) is 4.74. The molecule has 0 radical (unpaired) electrons. The Balaban J connectivity index is 1.72. The molecule has 3 aromatic rings. The molecule has 0 atom stereocenters. The summed E-state index contributed by atoms with van der Waals surface area (Å²) in [6.45, 7) is 0. The quantitative estimate of drug-likeness (QED) is 0.450. The summed E-state index contributed by atoms with van der Waals surface area (Å²) in [7, 11) is 3.20. The lowest BCUT2D eigenvalue weighted by atomic mass is 10.2. The molecule has 5 nitrogen and oxygen atoms in total. The molecule has 3 rings (SSSR count). The van der Waals surface area contributed by atoms with E-state index in [-0.39, 0.29) is 0 Å². The fourth-order valence-corrected chi connectivity index (χ4v) is 3.53. The summed E-state index contributed by atoms with van der Waals surface area (Å²) in [4.78, 5) is 4.53. The van der Waals surface area contributed by atoms with E-state index in [0.29, 0.717) is 11.5 Å². The summed E-state index contributed by atoms with van der Waals surface area (Å²) in [5.41, 5.74) is 5.84. The van der Waals surface area contributed by atoms with Crippen LogP contribution in [0.5, 0.6) is 11.5 Å². The molecular weight excluding hydrogens is 402 g/mol. The van der Waals surface area contributed by atoms with Crippen LogP contribution in [0.15, 0.2) is 57.4 Å². The lowest BCUT2D eigenvalue weighted by Crippen LogP contribution is -1.95. The molecule has 25 heavy (non-hydrogen) atoms. The second kappa shape index (κ2) is 8.13. The lowest BCUT2D eigenvalue weighted by Gasteiger charge is -2.10. The molecule has 0 spiro atoms. The average Bonchev–Trinajstić information content (AvgIpc) is 3.11. The predicted molar refractivity (Wildman–Crippen MR) is 106 cm³/mol. The van der Waals surface area contributed by atoms with Crippen LogP contribution in [0.2, 0.25) is 0 Å². The molecule has 1 heterocycles. The lowest BCUT2D eigenvalue weighted by molar-refractivity contribution is 0.353. The molecule has 0 aliphatic carbocycles. The zero-order valence-electron chi connectivity index (χ0n) is 13.7. The number of rotatable bonds is 6. The minimum absolute atomic E-state index is 0.638. The molecule has 0 aliphatic rings. The number of nitrogens with zero attached hydrogens (tertiary/aromatic N) is 2. The predicted octanol–water partition coefficient (Wildman–Crippen LogP) is 5.04. The van der Waals surface area contributed by atoms with Gasteiger partial charge in [0, 0.05) is 10.9 Å². The first-order valence-corrected chi connectivity index (χ1v) is 9.10. The SMILES string of the molecule is COc1cc(/C=N\Nc2nc(-c3ccccc3)cs2)cc(Br)c1OC. The molecule has 1 aromatic heterocycles. The van der Waals surface area contributed by atoms with Crippen LogP contribution in [0.25, 0.3) is 11.3 Å². The summed E-state index contributed by atoms with van der Waals surface area (Å²) in [5, 5.41) is 6.98. The van der Waals surface area contributed by atoms with Crippen molar-refractivity contribution in [2.45, 2.75) is 0 Å². The van der Waals surface area contributed by atoms with Crippen LogP contribution in [0.4, 0.5) is 5.13 Å². The second-order valence-corrected chi connectivity index (χ2v) is 6.72. The van der Waals surface area contributed by atoms with E-state index in [1.165, 1.54) is 11.3 Å². The Morgan fingerprint density at radius 3 is 2.68 bits per heavy atom. The third-order valence-electron chi connectivity index (χ3n) is 3.40.